The molecule has 8 nitrogen and oxygen atoms in total. The van der Waals surface area contributed by atoms with Gasteiger partial charge >= 0.3 is 0 Å². The number of Topliss-reactive ketones (excluding diaryl/α,β-unsaturated/α-hetero) is 1. The number of ether oxygens (including phenoxy) is 1. The van der Waals surface area contributed by atoms with Gasteiger partial charge in [-0.15, -0.1) is 0 Å². The molecule has 0 radical (unpaired) electrons. The molecule has 0 saturated carbocycles. The Morgan fingerprint density at radius 1 is 1.15 bits per heavy atom. The molecule has 1 atom stereocenters. The number of anilines is 1. The highest BCUT2D eigenvalue weighted by Gasteiger charge is 2.41. The van der Waals surface area contributed by atoms with Crippen molar-refractivity contribution in [3.05, 3.63) is 121 Å². The normalized spacial score (nSPS) is 17.0. The molecule has 0 bridgehead atoms. The molecule has 202 valence electrons. The summed E-state index contributed by atoms with van der Waals surface area (Å²) in [6, 6.07) is 19.6. The number of para-hydroxylation sites is 1. The van der Waals surface area contributed by atoms with Crippen LogP contribution in [0.15, 0.2) is 83.3 Å². The quantitative estimate of drug-likeness (QED) is 0.264. The van der Waals surface area contributed by atoms with Gasteiger partial charge < -0.3 is 10.5 Å². The van der Waals surface area contributed by atoms with Crippen molar-refractivity contribution in [2.75, 3.05) is 4.90 Å². The van der Waals surface area contributed by atoms with Crippen molar-refractivity contribution in [1.29, 1.82) is 5.26 Å². The van der Waals surface area contributed by atoms with E-state index in [0.717, 1.165) is 22.3 Å². The van der Waals surface area contributed by atoms with E-state index < -0.39 is 10.8 Å². The topological polar surface area (TPSA) is 122 Å². The number of carbonyl (C=O) groups excluding carboxylic acids is 1. The average Bonchev–Trinajstić information content (AvgIpc) is 2.93. The molecule has 9 heteroatoms. The maximum absolute atomic E-state index is 13.6. The lowest BCUT2D eigenvalue weighted by molar-refractivity contribution is -0.384. The van der Waals surface area contributed by atoms with E-state index in [1.54, 1.807) is 29.2 Å². The van der Waals surface area contributed by atoms with E-state index in [1.807, 2.05) is 38.1 Å². The number of non-ortho nitro benzene ring substituents is 1. The van der Waals surface area contributed by atoms with Crippen molar-refractivity contribution in [3.8, 4) is 11.8 Å². The largest absolute Gasteiger partial charge is 0.487 e. The number of hydrogen-bond acceptors (Lipinski definition) is 7. The van der Waals surface area contributed by atoms with Crippen LogP contribution < -0.4 is 15.4 Å². The molecule has 5 rings (SSSR count). The first-order valence-electron chi connectivity index (χ1n) is 12.9. The Hall–Kier alpha value is -4.61. The summed E-state index contributed by atoms with van der Waals surface area (Å²) in [5, 5.41) is 22.4. The van der Waals surface area contributed by atoms with Crippen molar-refractivity contribution in [3.63, 3.8) is 0 Å². The second-order valence-electron chi connectivity index (χ2n) is 9.95. The summed E-state index contributed by atoms with van der Waals surface area (Å²) in [7, 11) is 0. The third kappa shape index (κ3) is 4.80. The van der Waals surface area contributed by atoms with Gasteiger partial charge in [0.15, 0.2) is 5.78 Å². The molecule has 0 saturated heterocycles. The van der Waals surface area contributed by atoms with E-state index in [1.165, 1.54) is 12.1 Å². The third-order valence-corrected chi connectivity index (χ3v) is 7.75. The maximum Gasteiger partial charge on any atom is 0.271 e. The van der Waals surface area contributed by atoms with Crippen LogP contribution >= 0.6 is 11.6 Å². The van der Waals surface area contributed by atoms with Gasteiger partial charge in [0.2, 0.25) is 0 Å². The standard InChI is InChI=1S/C31H27ClN4O4/c1-18-13-20(17-40-28-12-4-3-9-25(28)32)19(2)23(14-18)29-24(16-33)31(34)35(26-10-6-11-27(37)30(26)29)21-7-5-8-22(15-21)36(38)39/h3-5,7-9,12-15,29H,6,10-11,17,34H2,1-2H3. The molecule has 0 spiro atoms. The Kier molecular flexibility index (Phi) is 7.33. The maximum atomic E-state index is 13.6. The summed E-state index contributed by atoms with van der Waals surface area (Å²) in [5.41, 5.74) is 12.0. The number of carbonyl (C=O) groups is 1. The van der Waals surface area contributed by atoms with Crippen LogP contribution in [-0.4, -0.2) is 10.7 Å². The lowest BCUT2D eigenvalue weighted by Crippen LogP contribution is -2.39. The highest BCUT2D eigenvalue weighted by atomic mass is 35.5. The van der Waals surface area contributed by atoms with E-state index in [9.17, 15) is 20.2 Å². The molecule has 1 heterocycles. The summed E-state index contributed by atoms with van der Waals surface area (Å²) >= 11 is 6.29. The number of nitrogens with two attached hydrogens (primary N) is 1. The molecule has 2 N–H and O–H groups in total. The number of halogens is 1. The zero-order valence-corrected chi connectivity index (χ0v) is 22.9. The van der Waals surface area contributed by atoms with Crippen LogP contribution in [0.2, 0.25) is 5.02 Å². The average molecular weight is 555 g/mol. The molecule has 0 aromatic heterocycles. The van der Waals surface area contributed by atoms with Gasteiger partial charge in [0.25, 0.3) is 5.69 Å². The first-order chi connectivity index (χ1) is 19.2. The summed E-state index contributed by atoms with van der Waals surface area (Å²) in [5.74, 6) is 0.000768. The van der Waals surface area contributed by atoms with Crippen molar-refractivity contribution in [2.45, 2.75) is 45.6 Å². The second-order valence-corrected chi connectivity index (χ2v) is 10.4. The summed E-state index contributed by atoms with van der Waals surface area (Å²) < 4.78 is 6.03. The summed E-state index contributed by atoms with van der Waals surface area (Å²) in [4.78, 5) is 26.2. The van der Waals surface area contributed by atoms with Gasteiger partial charge in [0, 0.05) is 29.8 Å². The molecular weight excluding hydrogens is 528 g/mol. The third-order valence-electron chi connectivity index (χ3n) is 7.44. The molecule has 1 aliphatic carbocycles. The van der Waals surface area contributed by atoms with Gasteiger partial charge in [-0.1, -0.05) is 47.5 Å². The fourth-order valence-electron chi connectivity index (χ4n) is 5.57. The number of nitro benzene ring substituents is 1. The van der Waals surface area contributed by atoms with Crippen LogP contribution in [-0.2, 0) is 11.4 Å². The van der Waals surface area contributed by atoms with Crippen LogP contribution in [0, 0.1) is 35.3 Å². The molecule has 3 aromatic rings. The van der Waals surface area contributed by atoms with E-state index in [0.29, 0.717) is 47.0 Å². The van der Waals surface area contributed by atoms with Gasteiger partial charge in [0.05, 0.1) is 33.2 Å². The minimum absolute atomic E-state index is 0.0586. The minimum atomic E-state index is -0.665. The zero-order chi connectivity index (χ0) is 28.6. The highest BCUT2D eigenvalue weighted by molar-refractivity contribution is 6.32. The molecule has 2 aliphatic rings. The van der Waals surface area contributed by atoms with E-state index in [-0.39, 0.29) is 29.5 Å². The molecule has 1 unspecified atom stereocenters. The van der Waals surface area contributed by atoms with Gasteiger partial charge in [-0.2, -0.15) is 5.26 Å². The number of allylic oxidation sites excluding steroid dienone is 3. The predicted molar refractivity (Wildman–Crippen MR) is 153 cm³/mol. The Morgan fingerprint density at radius 2 is 1.93 bits per heavy atom. The number of ketones is 1. The fourth-order valence-corrected chi connectivity index (χ4v) is 5.76. The molecule has 40 heavy (non-hydrogen) atoms. The molecule has 0 fully saturated rings. The van der Waals surface area contributed by atoms with Crippen molar-refractivity contribution < 1.29 is 14.5 Å². The Labute approximate surface area is 237 Å². The number of hydrogen-bond donors (Lipinski definition) is 1. The summed E-state index contributed by atoms with van der Waals surface area (Å²) in [6.07, 6.45) is 1.52. The highest BCUT2D eigenvalue weighted by Crippen LogP contribution is 2.47. The van der Waals surface area contributed by atoms with Gasteiger partial charge in [-0.05, 0) is 61.6 Å². The van der Waals surface area contributed by atoms with E-state index in [4.69, 9.17) is 22.1 Å². The van der Waals surface area contributed by atoms with Gasteiger partial charge in [-0.25, -0.2) is 0 Å². The van der Waals surface area contributed by atoms with Crippen molar-refractivity contribution in [1.82, 2.24) is 0 Å². The number of nitro groups is 1. The minimum Gasteiger partial charge on any atom is -0.487 e. The van der Waals surface area contributed by atoms with Crippen molar-refractivity contribution in [2.24, 2.45) is 5.73 Å². The lowest BCUT2D eigenvalue weighted by atomic mass is 9.73. The zero-order valence-electron chi connectivity index (χ0n) is 22.1. The van der Waals surface area contributed by atoms with Crippen molar-refractivity contribution >= 4 is 28.8 Å². The number of benzene rings is 3. The Bertz CT molecular complexity index is 1650. The van der Waals surface area contributed by atoms with Crippen LogP contribution in [0.25, 0.3) is 0 Å². The first kappa shape index (κ1) is 27.0. The SMILES string of the molecule is Cc1cc(COc2ccccc2Cl)c(C)c(C2C(C#N)=C(N)N(c3cccc([N+](=O)[O-])c3)C3=C2C(=O)CCC3)c1. The Balaban J connectivity index is 1.65. The molecular formula is C31H27ClN4O4. The van der Waals surface area contributed by atoms with E-state index in [2.05, 4.69) is 6.07 Å². The van der Waals surface area contributed by atoms with Crippen LogP contribution in [0.1, 0.15) is 47.4 Å². The number of nitrogens with zero attached hydrogens (tertiary/aromatic N) is 3. The fraction of sp³-hybridized carbons (Fsp3) is 0.226. The number of nitriles is 1. The number of rotatable bonds is 6. The first-order valence-corrected chi connectivity index (χ1v) is 13.3. The molecule has 3 aromatic carbocycles. The predicted octanol–water partition coefficient (Wildman–Crippen LogP) is 6.75. The lowest BCUT2D eigenvalue weighted by Gasteiger charge is -2.40. The summed E-state index contributed by atoms with van der Waals surface area (Å²) in [6.45, 7) is 4.15. The second kappa shape index (κ2) is 10.9. The van der Waals surface area contributed by atoms with Crippen LogP contribution in [0.4, 0.5) is 11.4 Å². The molecule has 1 aliphatic heterocycles. The number of aryl methyl sites for hydroxylation is 1. The van der Waals surface area contributed by atoms with Gasteiger partial charge in [-0.3, -0.25) is 19.8 Å². The van der Waals surface area contributed by atoms with Crippen LogP contribution in [0.3, 0.4) is 0 Å². The molecule has 0 amide bonds. The van der Waals surface area contributed by atoms with Gasteiger partial charge in [0.1, 0.15) is 18.2 Å². The van der Waals surface area contributed by atoms with Crippen LogP contribution in [0.5, 0.6) is 5.75 Å². The van der Waals surface area contributed by atoms with E-state index >= 15 is 0 Å². The smallest absolute Gasteiger partial charge is 0.271 e. The Morgan fingerprint density at radius 3 is 2.65 bits per heavy atom. The monoisotopic (exact) mass is 554 g/mol.